The molecular weight excluding hydrogens is 363 g/mol. The van der Waals surface area contributed by atoms with Gasteiger partial charge in [0, 0.05) is 43.4 Å². The van der Waals surface area contributed by atoms with E-state index < -0.39 is 0 Å². The summed E-state index contributed by atoms with van der Waals surface area (Å²) in [6, 6.07) is 4.58. The van der Waals surface area contributed by atoms with Crippen LogP contribution in [0.25, 0.3) is 0 Å². The van der Waals surface area contributed by atoms with Crippen LogP contribution in [0.3, 0.4) is 0 Å². The number of nitrogens with one attached hydrogen (secondary N) is 2. The van der Waals surface area contributed by atoms with Crippen molar-refractivity contribution in [2.24, 2.45) is 0 Å². The molecular formula is C20H31FN4OS. The molecule has 0 saturated carbocycles. The number of thioether (sulfide) groups is 1. The smallest absolute Gasteiger partial charge is 0.315 e. The molecule has 150 valence electrons. The van der Waals surface area contributed by atoms with Crippen LogP contribution >= 0.6 is 11.8 Å². The van der Waals surface area contributed by atoms with Gasteiger partial charge in [-0.05, 0) is 56.1 Å². The highest BCUT2D eigenvalue weighted by molar-refractivity contribution is 7.99. The van der Waals surface area contributed by atoms with Crippen molar-refractivity contribution >= 4 is 17.8 Å². The van der Waals surface area contributed by atoms with Crippen molar-refractivity contribution in [2.75, 3.05) is 51.6 Å². The van der Waals surface area contributed by atoms with Crippen LogP contribution in [0.15, 0.2) is 23.1 Å². The van der Waals surface area contributed by atoms with Crippen molar-refractivity contribution in [3.05, 3.63) is 29.6 Å². The van der Waals surface area contributed by atoms with Crippen LogP contribution in [0.4, 0.5) is 9.18 Å². The third-order valence-electron chi connectivity index (χ3n) is 5.42. The van der Waals surface area contributed by atoms with Crippen molar-refractivity contribution in [1.82, 2.24) is 20.4 Å². The van der Waals surface area contributed by atoms with Crippen LogP contribution in [-0.4, -0.2) is 67.4 Å². The van der Waals surface area contributed by atoms with Gasteiger partial charge in [-0.1, -0.05) is 6.92 Å². The Morgan fingerprint density at radius 3 is 2.78 bits per heavy atom. The molecule has 0 unspecified atom stereocenters. The molecule has 2 N–H and O–H groups in total. The molecule has 27 heavy (non-hydrogen) atoms. The van der Waals surface area contributed by atoms with E-state index in [-0.39, 0.29) is 17.9 Å². The molecule has 1 aromatic rings. The second kappa shape index (κ2) is 10.3. The minimum atomic E-state index is -0.247. The van der Waals surface area contributed by atoms with Crippen molar-refractivity contribution in [3.8, 4) is 0 Å². The van der Waals surface area contributed by atoms with Gasteiger partial charge in [-0.2, -0.15) is 0 Å². The van der Waals surface area contributed by atoms with Crippen molar-refractivity contribution in [1.29, 1.82) is 0 Å². The van der Waals surface area contributed by atoms with E-state index in [9.17, 15) is 9.18 Å². The van der Waals surface area contributed by atoms with Crippen LogP contribution in [0.5, 0.6) is 0 Å². The van der Waals surface area contributed by atoms with Gasteiger partial charge in [-0.15, -0.1) is 11.8 Å². The Balaban J connectivity index is 1.32. The molecule has 0 bridgehead atoms. The second-order valence-corrected chi connectivity index (χ2v) is 8.39. The van der Waals surface area contributed by atoms with Crippen LogP contribution < -0.4 is 10.6 Å². The maximum Gasteiger partial charge on any atom is 0.315 e. The minimum absolute atomic E-state index is 0.105. The third-order valence-corrected chi connectivity index (χ3v) is 6.54. The van der Waals surface area contributed by atoms with Gasteiger partial charge in [0.2, 0.25) is 0 Å². The van der Waals surface area contributed by atoms with Crippen molar-refractivity contribution < 1.29 is 9.18 Å². The first-order valence-corrected chi connectivity index (χ1v) is 11.1. The summed E-state index contributed by atoms with van der Waals surface area (Å²) in [7, 11) is 0. The highest BCUT2D eigenvalue weighted by atomic mass is 32.2. The number of rotatable bonds is 7. The van der Waals surface area contributed by atoms with Gasteiger partial charge in [0.05, 0.1) is 6.04 Å². The standard InChI is InChI=1S/C20H31FN4OS/c1-2-24-10-12-25(13-11-24)9-4-3-8-22-20(26)23-18-7-14-27-19-6-5-16(21)15-17(18)19/h5-6,15,18H,2-4,7-14H2,1H3,(H2,22,23,26)/t18-/m1/s1. The van der Waals surface area contributed by atoms with Gasteiger partial charge in [-0.3, -0.25) is 0 Å². The number of halogens is 1. The fourth-order valence-corrected chi connectivity index (χ4v) is 4.82. The van der Waals surface area contributed by atoms with Crippen LogP contribution in [0, 0.1) is 5.82 Å². The molecule has 5 nitrogen and oxygen atoms in total. The number of fused-ring (bicyclic) bond motifs is 1. The van der Waals surface area contributed by atoms with E-state index in [2.05, 4.69) is 27.4 Å². The quantitative estimate of drug-likeness (QED) is 0.698. The summed E-state index contributed by atoms with van der Waals surface area (Å²) in [5.74, 6) is 0.692. The van der Waals surface area contributed by atoms with Crippen LogP contribution in [-0.2, 0) is 0 Å². The van der Waals surface area contributed by atoms with E-state index in [0.717, 1.165) is 61.7 Å². The number of hydrogen-bond donors (Lipinski definition) is 2. The monoisotopic (exact) mass is 394 g/mol. The highest BCUT2D eigenvalue weighted by Gasteiger charge is 2.22. The molecule has 0 aliphatic carbocycles. The van der Waals surface area contributed by atoms with Gasteiger partial charge in [0.15, 0.2) is 0 Å². The highest BCUT2D eigenvalue weighted by Crippen LogP contribution is 2.36. The van der Waals surface area contributed by atoms with E-state index in [1.54, 1.807) is 23.9 Å². The molecule has 1 aromatic carbocycles. The zero-order valence-corrected chi connectivity index (χ0v) is 17.0. The molecule has 2 aliphatic rings. The second-order valence-electron chi connectivity index (χ2n) is 7.26. The fraction of sp³-hybridized carbons (Fsp3) is 0.650. The summed E-state index contributed by atoms with van der Waals surface area (Å²) in [6.07, 6.45) is 2.91. The number of hydrogen-bond acceptors (Lipinski definition) is 4. The lowest BCUT2D eigenvalue weighted by Gasteiger charge is -2.34. The molecule has 1 saturated heterocycles. The van der Waals surface area contributed by atoms with E-state index in [1.807, 2.05) is 0 Å². The van der Waals surface area contributed by atoms with Crippen LogP contribution in [0.1, 0.15) is 37.8 Å². The number of urea groups is 1. The molecule has 2 heterocycles. The number of likely N-dealkylation sites (N-methyl/N-ethyl adjacent to an activating group) is 1. The summed E-state index contributed by atoms with van der Waals surface area (Å²) >= 11 is 1.72. The van der Waals surface area contributed by atoms with Gasteiger partial charge in [0.1, 0.15) is 5.82 Å². The van der Waals surface area contributed by atoms with E-state index in [0.29, 0.717) is 6.54 Å². The lowest BCUT2D eigenvalue weighted by molar-refractivity contribution is 0.135. The summed E-state index contributed by atoms with van der Waals surface area (Å²) in [6.45, 7) is 9.77. The molecule has 3 rings (SSSR count). The lowest BCUT2D eigenvalue weighted by Crippen LogP contribution is -2.46. The van der Waals surface area contributed by atoms with Crippen molar-refractivity contribution in [2.45, 2.75) is 37.1 Å². The zero-order chi connectivity index (χ0) is 19.1. The number of amides is 2. The third kappa shape index (κ3) is 6.09. The van der Waals surface area contributed by atoms with Crippen molar-refractivity contribution in [3.63, 3.8) is 0 Å². The molecule has 0 aromatic heterocycles. The summed E-state index contributed by atoms with van der Waals surface area (Å²) in [5, 5.41) is 5.96. The van der Waals surface area contributed by atoms with Gasteiger partial charge in [-0.25, -0.2) is 9.18 Å². The SMILES string of the molecule is CCN1CCN(CCCCNC(=O)N[C@@H]2CCSc3ccc(F)cc32)CC1. The van der Waals surface area contributed by atoms with Crippen LogP contribution in [0.2, 0.25) is 0 Å². The van der Waals surface area contributed by atoms with E-state index in [1.165, 1.54) is 19.2 Å². The average molecular weight is 395 g/mol. The van der Waals surface area contributed by atoms with E-state index in [4.69, 9.17) is 0 Å². The predicted molar refractivity (Wildman–Crippen MR) is 109 cm³/mol. The Labute approximate surface area is 166 Å². The Morgan fingerprint density at radius 2 is 2.00 bits per heavy atom. The molecule has 0 spiro atoms. The first-order valence-electron chi connectivity index (χ1n) is 10.1. The number of carbonyl (C=O) groups is 1. The largest absolute Gasteiger partial charge is 0.338 e. The number of carbonyl (C=O) groups excluding carboxylic acids is 1. The normalized spacial score (nSPS) is 20.9. The molecule has 1 fully saturated rings. The first kappa shape index (κ1) is 20.4. The topological polar surface area (TPSA) is 47.6 Å². The number of nitrogens with zero attached hydrogens (tertiary/aromatic N) is 2. The summed E-state index contributed by atoms with van der Waals surface area (Å²) < 4.78 is 13.5. The summed E-state index contributed by atoms with van der Waals surface area (Å²) in [5.41, 5.74) is 0.896. The number of benzene rings is 1. The predicted octanol–water partition coefficient (Wildman–Crippen LogP) is 3.08. The molecule has 0 radical (unpaired) electrons. The maximum absolute atomic E-state index is 13.5. The van der Waals surface area contributed by atoms with E-state index >= 15 is 0 Å². The lowest BCUT2D eigenvalue weighted by atomic mass is 10.0. The first-order chi connectivity index (χ1) is 13.2. The number of piperazine rings is 1. The van der Waals surface area contributed by atoms with Gasteiger partial charge >= 0.3 is 6.03 Å². The maximum atomic E-state index is 13.5. The Hall–Kier alpha value is -1.31. The Kier molecular flexibility index (Phi) is 7.79. The average Bonchev–Trinajstić information content (AvgIpc) is 2.68. The van der Waals surface area contributed by atoms with Gasteiger partial charge < -0.3 is 20.4 Å². The Bertz CT molecular complexity index is 622. The zero-order valence-electron chi connectivity index (χ0n) is 16.2. The molecule has 2 amide bonds. The fourth-order valence-electron chi connectivity index (χ4n) is 3.72. The summed E-state index contributed by atoms with van der Waals surface area (Å²) in [4.78, 5) is 18.3. The Morgan fingerprint density at radius 1 is 1.22 bits per heavy atom. The molecule has 7 heteroatoms. The minimum Gasteiger partial charge on any atom is -0.338 e. The number of unbranched alkanes of at least 4 members (excludes halogenated alkanes) is 1. The van der Waals surface area contributed by atoms with Gasteiger partial charge in [0.25, 0.3) is 0 Å². The molecule has 1 atom stereocenters. The molecule has 2 aliphatic heterocycles.